The average Bonchev–Trinajstić information content (AvgIpc) is 2.71. The van der Waals surface area contributed by atoms with Gasteiger partial charge in [0.1, 0.15) is 0 Å². The first kappa shape index (κ1) is 19.5. The van der Waals surface area contributed by atoms with Crippen LogP contribution in [0.3, 0.4) is 0 Å². The maximum atomic E-state index is 4.47. The maximum Gasteiger partial charge on any atom is 0.191 e. The first-order valence-electron chi connectivity index (χ1n) is 8.81. The standard InChI is InChI=1S/C18H35N5/c1-13(2)9-8-10-14(3)21-18(19-6)20-12-11-17-15(4)22-23(7)16(17)5/h13-14H,8-12H2,1-7H3,(H2,19,20,21). The molecule has 0 fully saturated rings. The number of rotatable bonds is 8. The zero-order valence-corrected chi connectivity index (χ0v) is 16.0. The number of hydrogen-bond donors (Lipinski definition) is 2. The van der Waals surface area contributed by atoms with Crippen molar-refractivity contribution in [2.45, 2.75) is 66.3 Å². The molecule has 1 heterocycles. The molecule has 132 valence electrons. The van der Waals surface area contributed by atoms with Crippen molar-refractivity contribution in [1.29, 1.82) is 0 Å². The molecule has 2 N–H and O–H groups in total. The maximum absolute atomic E-state index is 4.47. The van der Waals surface area contributed by atoms with Gasteiger partial charge in [0.2, 0.25) is 0 Å². The minimum Gasteiger partial charge on any atom is -0.356 e. The van der Waals surface area contributed by atoms with Crippen LogP contribution in [-0.2, 0) is 13.5 Å². The van der Waals surface area contributed by atoms with Gasteiger partial charge in [-0.15, -0.1) is 0 Å². The van der Waals surface area contributed by atoms with Gasteiger partial charge in [-0.25, -0.2) is 0 Å². The van der Waals surface area contributed by atoms with E-state index in [9.17, 15) is 0 Å². The minimum absolute atomic E-state index is 0.446. The minimum atomic E-state index is 0.446. The van der Waals surface area contributed by atoms with E-state index in [1.165, 1.54) is 30.5 Å². The van der Waals surface area contributed by atoms with E-state index in [1.807, 2.05) is 18.8 Å². The molecule has 1 unspecified atom stereocenters. The molecule has 1 aromatic heterocycles. The van der Waals surface area contributed by atoms with Crippen LogP contribution in [0.2, 0.25) is 0 Å². The average molecular weight is 322 g/mol. The molecule has 0 aliphatic heterocycles. The van der Waals surface area contributed by atoms with Gasteiger partial charge in [0, 0.05) is 32.4 Å². The molecule has 0 saturated carbocycles. The molecule has 0 aliphatic carbocycles. The lowest BCUT2D eigenvalue weighted by atomic mass is 10.0. The van der Waals surface area contributed by atoms with Crippen molar-refractivity contribution in [3.8, 4) is 0 Å². The van der Waals surface area contributed by atoms with Crippen LogP contribution >= 0.6 is 0 Å². The van der Waals surface area contributed by atoms with E-state index < -0.39 is 0 Å². The number of hydrogen-bond acceptors (Lipinski definition) is 2. The van der Waals surface area contributed by atoms with Gasteiger partial charge in [-0.3, -0.25) is 9.67 Å². The summed E-state index contributed by atoms with van der Waals surface area (Å²) in [5.41, 5.74) is 3.70. The van der Waals surface area contributed by atoms with Crippen LogP contribution < -0.4 is 10.6 Å². The molecule has 23 heavy (non-hydrogen) atoms. The van der Waals surface area contributed by atoms with E-state index >= 15 is 0 Å². The number of aromatic nitrogens is 2. The quantitative estimate of drug-likeness (QED) is 0.572. The van der Waals surface area contributed by atoms with E-state index in [0.29, 0.717) is 6.04 Å². The van der Waals surface area contributed by atoms with Gasteiger partial charge >= 0.3 is 0 Å². The molecule has 1 aromatic rings. The van der Waals surface area contributed by atoms with Crippen LogP contribution in [0.25, 0.3) is 0 Å². The molecule has 0 saturated heterocycles. The lowest BCUT2D eigenvalue weighted by Crippen LogP contribution is -2.42. The lowest BCUT2D eigenvalue weighted by molar-refractivity contribution is 0.491. The van der Waals surface area contributed by atoms with Crippen molar-refractivity contribution in [3.05, 3.63) is 17.0 Å². The second-order valence-electron chi connectivity index (χ2n) is 6.89. The fourth-order valence-corrected chi connectivity index (χ4v) is 2.82. The zero-order chi connectivity index (χ0) is 17.4. The molecule has 1 rings (SSSR count). The SMILES string of the molecule is CN=C(NCCc1c(C)nn(C)c1C)NC(C)CCCC(C)C. The third kappa shape index (κ3) is 6.63. The van der Waals surface area contributed by atoms with E-state index in [2.05, 4.69) is 55.3 Å². The summed E-state index contributed by atoms with van der Waals surface area (Å²) in [6.45, 7) is 11.8. The van der Waals surface area contributed by atoms with Crippen molar-refractivity contribution >= 4 is 5.96 Å². The first-order chi connectivity index (χ1) is 10.8. The molecule has 5 heteroatoms. The van der Waals surface area contributed by atoms with Crippen LogP contribution in [0.4, 0.5) is 0 Å². The fourth-order valence-electron chi connectivity index (χ4n) is 2.82. The highest BCUT2D eigenvalue weighted by Crippen LogP contribution is 2.12. The van der Waals surface area contributed by atoms with Gasteiger partial charge in [0.05, 0.1) is 5.69 Å². The lowest BCUT2D eigenvalue weighted by Gasteiger charge is -2.18. The van der Waals surface area contributed by atoms with Crippen molar-refractivity contribution in [2.75, 3.05) is 13.6 Å². The van der Waals surface area contributed by atoms with E-state index in [-0.39, 0.29) is 0 Å². The van der Waals surface area contributed by atoms with Gasteiger partial charge in [-0.1, -0.05) is 26.7 Å². The molecule has 0 radical (unpaired) electrons. The summed E-state index contributed by atoms with van der Waals surface area (Å²) in [4.78, 5) is 4.33. The Hall–Kier alpha value is -1.52. The Morgan fingerprint density at radius 2 is 1.91 bits per heavy atom. The van der Waals surface area contributed by atoms with Gasteiger partial charge in [0.15, 0.2) is 5.96 Å². The highest BCUT2D eigenvalue weighted by molar-refractivity contribution is 5.79. The molecular formula is C18H35N5. The van der Waals surface area contributed by atoms with E-state index in [0.717, 1.165) is 30.5 Å². The third-order valence-electron chi connectivity index (χ3n) is 4.35. The number of aliphatic imine (C=N–C) groups is 1. The van der Waals surface area contributed by atoms with Crippen LogP contribution in [-0.4, -0.2) is 35.4 Å². The second kappa shape index (κ2) is 9.58. The van der Waals surface area contributed by atoms with Crippen LogP contribution in [0, 0.1) is 19.8 Å². The normalized spacial score (nSPS) is 13.5. The summed E-state index contributed by atoms with van der Waals surface area (Å²) in [6, 6.07) is 0.446. The Morgan fingerprint density at radius 1 is 1.22 bits per heavy atom. The summed E-state index contributed by atoms with van der Waals surface area (Å²) in [6.07, 6.45) is 4.70. The van der Waals surface area contributed by atoms with Crippen molar-refractivity contribution < 1.29 is 0 Å². The van der Waals surface area contributed by atoms with Gasteiger partial charge < -0.3 is 10.6 Å². The summed E-state index contributed by atoms with van der Waals surface area (Å²) >= 11 is 0. The number of nitrogens with zero attached hydrogens (tertiary/aromatic N) is 3. The Balaban J connectivity index is 2.36. The predicted octanol–water partition coefficient (Wildman–Crippen LogP) is 2.96. The molecule has 0 amide bonds. The number of aryl methyl sites for hydroxylation is 2. The Bertz CT molecular complexity index is 502. The summed E-state index contributed by atoms with van der Waals surface area (Å²) in [5.74, 6) is 1.67. The monoisotopic (exact) mass is 321 g/mol. The first-order valence-corrected chi connectivity index (χ1v) is 8.81. The topological polar surface area (TPSA) is 54.2 Å². The smallest absolute Gasteiger partial charge is 0.191 e. The summed E-state index contributed by atoms with van der Waals surface area (Å²) < 4.78 is 1.95. The zero-order valence-electron chi connectivity index (χ0n) is 16.0. The van der Waals surface area contributed by atoms with Crippen molar-refractivity contribution in [2.24, 2.45) is 18.0 Å². The second-order valence-corrected chi connectivity index (χ2v) is 6.89. The van der Waals surface area contributed by atoms with Gasteiger partial charge in [-0.2, -0.15) is 5.10 Å². The van der Waals surface area contributed by atoms with Crippen LogP contribution in [0.1, 0.15) is 57.0 Å². The van der Waals surface area contributed by atoms with E-state index in [1.54, 1.807) is 0 Å². The van der Waals surface area contributed by atoms with Gasteiger partial charge in [-0.05, 0) is 45.1 Å². The molecular weight excluding hydrogens is 286 g/mol. The predicted molar refractivity (Wildman–Crippen MR) is 99.0 cm³/mol. The van der Waals surface area contributed by atoms with Crippen molar-refractivity contribution in [3.63, 3.8) is 0 Å². The van der Waals surface area contributed by atoms with Crippen LogP contribution in [0.15, 0.2) is 4.99 Å². The van der Waals surface area contributed by atoms with Gasteiger partial charge in [0.25, 0.3) is 0 Å². The Labute approximate surface area is 142 Å². The largest absolute Gasteiger partial charge is 0.356 e. The molecule has 5 nitrogen and oxygen atoms in total. The Morgan fingerprint density at radius 3 is 2.43 bits per heavy atom. The molecule has 0 spiro atoms. The fraction of sp³-hybridized carbons (Fsp3) is 0.778. The Kier molecular flexibility index (Phi) is 8.13. The summed E-state index contributed by atoms with van der Waals surface area (Å²) in [5, 5.41) is 11.4. The van der Waals surface area contributed by atoms with E-state index in [4.69, 9.17) is 0 Å². The highest BCUT2D eigenvalue weighted by atomic mass is 15.3. The van der Waals surface area contributed by atoms with Crippen LogP contribution in [0.5, 0.6) is 0 Å². The highest BCUT2D eigenvalue weighted by Gasteiger charge is 2.10. The molecule has 0 bridgehead atoms. The third-order valence-corrected chi connectivity index (χ3v) is 4.35. The van der Waals surface area contributed by atoms with Crippen molar-refractivity contribution in [1.82, 2.24) is 20.4 Å². The summed E-state index contributed by atoms with van der Waals surface area (Å²) in [7, 11) is 3.83. The number of guanidine groups is 1. The molecule has 0 aliphatic rings. The molecule has 0 aromatic carbocycles. The molecule has 1 atom stereocenters. The number of nitrogens with one attached hydrogen (secondary N) is 2.